The predicted molar refractivity (Wildman–Crippen MR) is 89.7 cm³/mol. The first-order chi connectivity index (χ1) is 11.1. The van der Waals surface area contributed by atoms with E-state index in [1.807, 2.05) is 23.1 Å². The van der Waals surface area contributed by atoms with Gasteiger partial charge in [0.05, 0.1) is 0 Å². The van der Waals surface area contributed by atoms with Gasteiger partial charge in [0.25, 0.3) is 0 Å². The summed E-state index contributed by atoms with van der Waals surface area (Å²) < 4.78 is 0. The first-order valence-electron chi connectivity index (χ1n) is 8.10. The molecule has 6 nitrogen and oxygen atoms in total. The number of hydrogen-bond donors (Lipinski definition) is 2. The van der Waals surface area contributed by atoms with Crippen LogP contribution >= 0.6 is 0 Å². The Morgan fingerprint density at radius 2 is 1.91 bits per heavy atom. The van der Waals surface area contributed by atoms with Crippen molar-refractivity contribution < 1.29 is 14.7 Å². The van der Waals surface area contributed by atoms with Crippen LogP contribution in [-0.2, 0) is 4.79 Å². The third-order valence-electron chi connectivity index (χ3n) is 4.31. The van der Waals surface area contributed by atoms with E-state index in [1.165, 1.54) is 5.69 Å². The van der Waals surface area contributed by atoms with E-state index in [1.54, 1.807) is 0 Å². The minimum atomic E-state index is -0.830. The van der Waals surface area contributed by atoms with Crippen LogP contribution in [0.1, 0.15) is 25.7 Å². The zero-order valence-corrected chi connectivity index (χ0v) is 13.6. The maximum Gasteiger partial charge on any atom is 0.317 e. The van der Waals surface area contributed by atoms with Gasteiger partial charge < -0.3 is 20.2 Å². The van der Waals surface area contributed by atoms with E-state index in [9.17, 15) is 9.59 Å². The maximum atomic E-state index is 12.0. The van der Waals surface area contributed by atoms with Crippen LogP contribution in [0.15, 0.2) is 30.3 Å². The third kappa shape index (κ3) is 5.16. The molecule has 2 rings (SSSR count). The van der Waals surface area contributed by atoms with Crippen molar-refractivity contribution in [1.82, 2.24) is 10.2 Å². The van der Waals surface area contributed by atoms with Crippen molar-refractivity contribution >= 4 is 17.7 Å². The molecule has 0 radical (unpaired) electrons. The van der Waals surface area contributed by atoms with Gasteiger partial charge in [-0.25, -0.2) is 4.79 Å². The van der Waals surface area contributed by atoms with Crippen molar-refractivity contribution in [2.75, 3.05) is 31.6 Å². The normalized spacial score (nSPS) is 15.3. The van der Waals surface area contributed by atoms with Gasteiger partial charge in [-0.05, 0) is 31.4 Å². The summed E-state index contributed by atoms with van der Waals surface area (Å²) >= 11 is 0. The summed E-state index contributed by atoms with van der Waals surface area (Å²) in [5.41, 5.74) is 1.20. The lowest BCUT2D eigenvalue weighted by Gasteiger charge is -2.37. The maximum absolute atomic E-state index is 12.0. The van der Waals surface area contributed by atoms with Gasteiger partial charge in [-0.15, -0.1) is 0 Å². The lowest BCUT2D eigenvalue weighted by molar-refractivity contribution is -0.137. The number of nitrogens with one attached hydrogen (secondary N) is 1. The van der Waals surface area contributed by atoms with Crippen LogP contribution in [0.5, 0.6) is 0 Å². The van der Waals surface area contributed by atoms with Crippen LogP contribution in [-0.4, -0.2) is 54.7 Å². The van der Waals surface area contributed by atoms with Crippen LogP contribution in [0.25, 0.3) is 0 Å². The van der Waals surface area contributed by atoms with Crippen molar-refractivity contribution in [2.45, 2.75) is 31.7 Å². The molecule has 1 aliphatic heterocycles. The highest BCUT2D eigenvalue weighted by atomic mass is 16.4. The molecule has 1 aromatic carbocycles. The van der Waals surface area contributed by atoms with Crippen molar-refractivity contribution in [3.63, 3.8) is 0 Å². The molecule has 1 aromatic rings. The quantitative estimate of drug-likeness (QED) is 0.788. The van der Waals surface area contributed by atoms with Gasteiger partial charge in [-0.2, -0.15) is 0 Å². The number of carbonyl (C=O) groups excluding carboxylic acids is 1. The van der Waals surface area contributed by atoms with Crippen LogP contribution in [0.4, 0.5) is 10.5 Å². The van der Waals surface area contributed by atoms with E-state index in [0.29, 0.717) is 19.0 Å². The van der Waals surface area contributed by atoms with Crippen molar-refractivity contribution in [1.29, 1.82) is 0 Å². The van der Waals surface area contributed by atoms with E-state index < -0.39 is 5.97 Å². The third-order valence-corrected chi connectivity index (χ3v) is 4.31. The fourth-order valence-electron chi connectivity index (χ4n) is 2.88. The van der Waals surface area contributed by atoms with Gasteiger partial charge in [0, 0.05) is 44.8 Å². The van der Waals surface area contributed by atoms with Crippen molar-refractivity contribution in [3.05, 3.63) is 30.3 Å². The van der Waals surface area contributed by atoms with Crippen LogP contribution < -0.4 is 10.2 Å². The van der Waals surface area contributed by atoms with E-state index in [4.69, 9.17) is 5.11 Å². The predicted octanol–water partition coefficient (Wildman–Crippen LogP) is 2.16. The lowest BCUT2D eigenvalue weighted by Crippen LogP contribution is -2.49. The number of urea groups is 1. The van der Waals surface area contributed by atoms with Gasteiger partial charge in [0.1, 0.15) is 0 Å². The highest BCUT2D eigenvalue weighted by Gasteiger charge is 2.25. The Bertz CT molecular complexity index is 513. The zero-order valence-electron chi connectivity index (χ0n) is 13.6. The molecule has 0 atom stereocenters. The number of nitrogens with zero attached hydrogens (tertiary/aromatic N) is 2. The summed E-state index contributed by atoms with van der Waals surface area (Å²) in [4.78, 5) is 26.6. The van der Waals surface area contributed by atoms with Crippen molar-refractivity contribution in [2.24, 2.45) is 0 Å². The molecular weight excluding hydrogens is 294 g/mol. The molecule has 126 valence electrons. The molecule has 1 heterocycles. The summed E-state index contributed by atoms with van der Waals surface area (Å²) in [5, 5.41) is 11.4. The average Bonchev–Trinajstić information content (AvgIpc) is 2.58. The molecule has 1 fully saturated rings. The highest BCUT2D eigenvalue weighted by molar-refractivity contribution is 5.74. The van der Waals surface area contributed by atoms with Gasteiger partial charge >= 0.3 is 12.0 Å². The Hall–Kier alpha value is -2.24. The summed E-state index contributed by atoms with van der Waals surface area (Å²) in [7, 11) is 2.10. The molecule has 0 unspecified atom stereocenters. The zero-order chi connectivity index (χ0) is 16.7. The number of hydrogen-bond acceptors (Lipinski definition) is 3. The monoisotopic (exact) mass is 319 g/mol. The topological polar surface area (TPSA) is 72.9 Å². The van der Waals surface area contributed by atoms with E-state index >= 15 is 0 Å². The van der Waals surface area contributed by atoms with E-state index in [2.05, 4.69) is 29.4 Å². The number of anilines is 1. The number of rotatable bonds is 6. The summed E-state index contributed by atoms with van der Waals surface area (Å²) in [5.74, 6) is -0.830. The molecule has 23 heavy (non-hydrogen) atoms. The molecular formula is C17H25N3O3. The van der Waals surface area contributed by atoms with Gasteiger partial charge in [-0.1, -0.05) is 18.2 Å². The Kier molecular flexibility index (Phi) is 6.26. The Morgan fingerprint density at radius 1 is 1.26 bits per heavy atom. The van der Waals surface area contributed by atoms with E-state index in [-0.39, 0.29) is 12.5 Å². The fourth-order valence-corrected chi connectivity index (χ4v) is 2.88. The second-order valence-corrected chi connectivity index (χ2v) is 5.89. The first kappa shape index (κ1) is 17.1. The number of piperidine rings is 1. The largest absolute Gasteiger partial charge is 0.481 e. The molecule has 6 heteroatoms. The van der Waals surface area contributed by atoms with Crippen LogP contribution in [0, 0.1) is 0 Å². The average molecular weight is 319 g/mol. The number of likely N-dealkylation sites (tertiary alicyclic amines) is 1. The molecule has 1 saturated heterocycles. The Balaban J connectivity index is 1.73. The smallest absolute Gasteiger partial charge is 0.317 e. The molecule has 2 amide bonds. The number of carboxylic acid groups (broad SMARTS) is 1. The Labute approximate surface area is 137 Å². The van der Waals surface area contributed by atoms with Gasteiger partial charge in [-0.3, -0.25) is 4.79 Å². The van der Waals surface area contributed by atoms with Crippen LogP contribution in [0.2, 0.25) is 0 Å². The van der Waals surface area contributed by atoms with Gasteiger partial charge in [0.15, 0.2) is 0 Å². The number of benzene rings is 1. The van der Waals surface area contributed by atoms with E-state index in [0.717, 1.165) is 25.9 Å². The summed E-state index contributed by atoms with van der Waals surface area (Å²) in [6.45, 7) is 1.87. The van der Waals surface area contributed by atoms with Crippen LogP contribution in [0.3, 0.4) is 0 Å². The van der Waals surface area contributed by atoms with Gasteiger partial charge in [0.2, 0.25) is 0 Å². The highest BCUT2D eigenvalue weighted by Crippen LogP contribution is 2.21. The summed E-state index contributed by atoms with van der Waals surface area (Å²) in [6, 6.07) is 10.6. The minimum absolute atomic E-state index is 0.0868. The minimum Gasteiger partial charge on any atom is -0.481 e. The Morgan fingerprint density at radius 3 is 2.52 bits per heavy atom. The molecule has 0 spiro atoms. The SMILES string of the molecule is CN(c1ccccc1)C1CCN(C(=O)NCCCC(=O)O)CC1. The fraction of sp³-hybridized carbons (Fsp3) is 0.529. The lowest BCUT2D eigenvalue weighted by atomic mass is 10.0. The molecule has 2 N–H and O–H groups in total. The molecule has 0 saturated carbocycles. The molecule has 0 aliphatic carbocycles. The molecule has 0 aromatic heterocycles. The summed E-state index contributed by atoms with van der Waals surface area (Å²) in [6.07, 6.45) is 2.43. The number of para-hydroxylation sites is 1. The second kappa shape index (κ2) is 8.41. The number of aliphatic carboxylic acids is 1. The van der Waals surface area contributed by atoms with Crippen molar-refractivity contribution in [3.8, 4) is 0 Å². The standard InChI is InChI=1S/C17H25N3O3/c1-19(14-6-3-2-4-7-14)15-9-12-20(13-10-15)17(23)18-11-5-8-16(21)22/h2-4,6-7,15H,5,8-13H2,1H3,(H,18,23)(H,21,22). The number of carboxylic acids is 1. The number of amides is 2. The number of carbonyl (C=O) groups is 2. The molecule has 1 aliphatic rings. The second-order valence-electron chi connectivity index (χ2n) is 5.89. The first-order valence-corrected chi connectivity index (χ1v) is 8.10. The molecule has 0 bridgehead atoms.